The molecule has 1 fully saturated rings. The Labute approximate surface area is 121 Å². The van der Waals surface area contributed by atoms with E-state index in [1.165, 1.54) is 4.68 Å². The molecule has 0 unspecified atom stereocenters. The Hall–Kier alpha value is -2.31. The van der Waals surface area contributed by atoms with Crippen molar-refractivity contribution < 1.29 is 9.21 Å². The quantitative estimate of drug-likeness (QED) is 0.865. The molecule has 1 aliphatic rings. The summed E-state index contributed by atoms with van der Waals surface area (Å²) in [6.07, 6.45) is 4.32. The molecule has 2 aromatic rings. The van der Waals surface area contributed by atoms with E-state index in [0.29, 0.717) is 18.1 Å². The number of amides is 1. The topological polar surface area (TPSA) is 82.1 Å². The summed E-state index contributed by atoms with van der Waals surface area (Å²) in [5.41, 5.74) is -0.254. The molecule has 3 rings (SSSR count). The summed E-state index contributed by atoms with van der Waals surface area (Å²) in [6, 6.07) is 3.69. The van der Waals surface area contributed by atoms with E-state index < -0.39 is 0 Å². The fourth-order valence-corrected chi connectivity index (χ4v) is 2.22. The summed E-state index contributed by atoms with van der Waals surface area (Å²) in [5.74, 6) is 0.841. The van der Waals surface area contributed by atoms with Gasteiger partial charge in [0.2, 0.25) is 11.7 Å². The van der Waals surface area contributed by atoms with Crippen molar-refractivity contribution in [1.29, 1.82) is 0 Å². The molecule has 1 N–H and O–H groups in total. The zero-order valence-corrected chi connectivity index (χ0v) is 11.9. The first-order chi connectivity index (χ1) is 10.2. The van der Waals surface area contributed by atoms with E-state index in [9.17, 15) is 9.59 Å². The van der Waals surface area contributed by atoms with Gasteiger partial charge in [-0.15, -0.1) is 5.10 Å². The first kappa shape index (κ1) is 13.7. The van der Waals surface area contributed by atoms with E-state index in [4.69, 9.17) is 4.42 Å². The average molecular weight is 290 g/mol. The first-order valence-corrected chi connectivity index (χ1v) is 7.20. The van der Waals surface area contributed by atoms with Gasteiger partial charge in [-0.05, 0) is 31.4 Å². The Bertz CT molecular complexity index is 680. The molecule has 2 heterocycles. The number of hydrogen-bond donors (Lipinski definition) is 1. The van der Waals surface area contributed by atoms with Gasteiger partial charge in [-0.1, -0.05) is 6.92 Å². The first-order valence-electron chi connectivity index (χ1n) is 7.20. The zero-order chi connectivity index (χ0) is 14.8. The fourth-order valence-electron chi connectivity index (χ4n) is 2.22. The molecule has 112 valence electrons. The Morgan fingerprint density at radius 1 is 1.52 bits per heavy atom. The van der Waals surface area contributed by atoms with Crippen molar-refractivity contribution in [1.82, 2.24) is 19.7 Å². The molecule has 0 saturated heterocycles. The Balaban J connectivity index is 1.90. The normalized spacial score (nSPS) is 14.3. The summed E-state index contributed by atoms with van der Waals surface area (Å²) in [4.78, 5) is 24.2. The molecular weight excluding hydrogens is 272 g/mol. The third kappa shape index (κ3) is 2.76. The lowest BCUT2D eigenvalue weighted by atomic mass is 10.4. The van der Waals surface area contributed by atoms with Gasteiger partial charge in [0.25, 0.3) is 0 Å². The van der Waals surface area contributed by atoms with Crippen LogP contribution < -0.4 is 11.0 Å². The van der Waals surface area contributed by atoms with Crippen LogP contribution in [0.1, 0.15) is 32.2 Å². The number of carbonyl (C=O) groups excluding carboxylic acids is 1. The van der Waals surface area contributed by atoms with Crippen molar-refractivity contribution in [3.8, 4) is 11.6 Å². The molecule has 1 aliphatic carbocycles. The number of nitrogens with one attached hydrogen (secondary N) is 1. The maximum atomic E-state index is 12.4. The number of furan rings is 1. The number of aromatic nitrogens is 3. The number of nitrogens with zero attached hydrogens (tertiary/aromatic N) is 3. The zero-order valence-electron chi connectivity index (χ0n) is 11.9. The van der Waals surface area contributed by atoms with E-state index in [-0.39, 0.29) is 24.2 Å². The van der Waals surface area contributed by atoms with E-state index in [0.717, 1.165) is 19.3 Å². The predicted octanol–water partition coefficient (Wildman–Crippen LogP) is 1.17. The standard InChI is InChI=1S/C14H18N4O3/c1-2-7-15-12(19)9-17-14(20)18(10-5-6-10)13(16-17)11-4-3-8-21-11/h3-4,8,10H,2,5-7,9H2,1H3,(H,15,19). The number of carbonyl (C=O) groups is 1. The molecule has 1 amide bonds. The van der Waals surface area contributed by atoms with Gasteiger partial charge in [-0.3, -0.25) is 9.36 Å². The van der Waals surface area contributed by atoms with Crippen molar-refractivity contribution in [2.24, 2.45) is 0 Å². The predicted molar refractivity (Wildman–Crippen MR) is 75.8 cm³/mol. The van der Waals surface area contributed by atoms with Gasteiger partial charge in [0.05, 0.1) is 6.26 Å². The highest BCUT2D eigenvalue weighted by molar-refractivity contribution is 5.75. The van der Waals surface area contributed by atoms with Crippen LogP contribution in [-0.4, -0.2) is 26.8 Å². The second-order valence-electron chi connectivity index (χ2n) is 5.19. The van der Waals surface area contributed by atoms with Crippen LogP contribution in [0.25, 0.3) is 11.6 Å². The molecule has 0 spiro atoms. The molecule has 1 saturated carbocycles. The maximum Gasteiger partial charge on any atom is 0.347 e. The Morgan fingerprint density at radius 3 is 2.95 bits per heavy atom. The van der Waals surface area contributed by atoms with E-state index >= 15 is 0 Å². The second kappa shape index (κ2) is 5.59. The van der Waals surface area contributed by atoms with Gasteiger partial charge < -0.3 is 9.73 Å². The molecular formula is C14H18N4O3. The van der Waals surface area contributed by atoms with Crippen LogP contribution in [0, 0.1) is 0 Å². The van der Waals surface area contributed by atoms with E-state index in [1.54, 1.807) is 23.0 Å². The third-order valence-electron chi connectivity index (χ3n) is 3.39. The highest BCUT2D eigenvalue weighted by Crippen LogP contribution is 2.36. The number of hydrogen-bond acceptors (Lipinski definition) is 4. The minimum Gasteiger partial charge on any atom is -0.461 e. The highest BCUT2D eigenvalue weighted by Gasteiger charge is 2.31. The van der Waals surface area contributed by atoms with Crippen LogP contribution in [0.15, 0.2) is 27.6 Å². The lowest BCUT2D eigenvalue weighted by molar-refractivity contribution is -0.121. The minimum absolute atomic E-state index is 0.0632. The van der Waals surface area contributed by atoms with Gasteiger partial charge in [0.15, 0.2) is 5.76 Å². The van der Waals surface area contributed by atoms with Gasteiger partial charge >= 0.3 is 5.69 Å². The van der Waals surface area contributed by atoms with Crippen molar-refractivity contribution in [2.45, 2.75) is 38.8 Å². The van der Waals surface area contributed by atoms with Gasteiger partial charge in [-0.25, -0.2) is 9.48 Å². The second-order valence-corrected chi connectivity index (χ2v) is 5.19. The average Bonchev–Trinajstić information content (AvgIpc) is 3.05. The Morgan fingerprint density at radius 2 is 2.33 bits per heavy atom. The fraction of sp³-hybridized carbons (Fsp3) is 0.500. The lowest BCUT2D eigenvalue weighted by Crippen LogP contribution is -2.33. The largest absolute Gasteiger partial charge is 0.461 e. The molecule has 7 nitrogen and oxygen atoms in total. The molecule has 21 heavy (non-hydrogen) atoms. The van der Waals surface area contributed by atoms with Crippen molar-refractivity contribution >= 4 is 5.91 Å². The van der Waals surface area contributed by atoms with Crippen LogP contribution >= 0.6 is 0 Å². The Kier molecular flexibility index (Phi) is 3.64. The molecule has 7 heteroatoms. The summed E-state index contributed by atoms with van der Waals surface area (Å²) in [7, 11) is 0. The van der Waals surface area contributed by atoms with Crippen molar-refractivity contribution in [3.05, 3.63) is 28.9 Å². The summed E-state index contributed by atoms with van der Waals surface area (Å²) in [5, 5.41) is 7.02. The number of rotatable bonds is 6. The minimum atomic E-state index is -0.254. The smallest absolute Gasteiger partial charge is 0.347 e. The summed E-state index contributed by atoms with van der Waals surface area (Å²) >= 11 is 0. The van der Waals surface area contributed by atoms with E-state index in [2.05, 4.69) is 10.4 Å². The molecule has 0 radical (unpaired) electrons. The van der Waals surface area contributed by atoms with E-state index in [1.807, 2.05) is 6.92 Å². The summed E-state index contributed by atoms with van der Waals surface area (Å²) in [6.45, 7) is 2.51. The van der Waals surface area contributed by atoms with Crippen LogP contribution in [0.4, 0.5) is 0 Å². The molecule has 0 atom stereocenters. The molecule has 0 bridgehead atoms. The van der Waals surface area contributed by atoms with Gasteiger partial charge in [0, 0.05) is 12.6 Å². The third-order valence-corrected chi connectivity index (χ3v) is 3.39. The maximum absolute atomic E-state index is 12.4. The van der Waals surface area contributed by atoms with Gasteiger partial charge in [0.1, 0.15) is 6.54 Å². The molecule has 2 aromatic heterocycles. The van der Waals surface area contributed by atoms with Crippen LogP contribution in [0.2, 0.25) is 0 Å². The lowest BCUT2D eigenvalue weighted by Gasteiger charge is -2.01. The van der Waals surface area contributed by atoms with Crippen molar-refractivity contribution in [3.63, 3.8) is 0 Å². The molecule has 0 aliphatic heterocycles. The van der Waals surface area contributed by atoms with Crippen LogP contribution in [0.3, 0.4) is 0 Å². The van der Waals surface area contributed by atoms with Crippen LogP contribution in [0.5, 0.6) is 0 Å². The summed E-state index contributed by atoms with van der Waals surface area (Å²) < 4.78 is 8.18. The van der Waals surface area contributed by atoms with Gasteiger partial charge in [-0.2, -0.15) is 0 Å². The monoisotopic (exact) mass is 290 g/mol. The highest BCUT2D eigenvalue weighted by atomic mass is 16.3. The van der Waals surface area contributed by atoms with Crippen molar-refractivity contribution in [2.75, 3.05) is 6.54 Å². The SMILES string of the molecule is CCCNC(=O)Cn1nc(-c2ccco2)n(C2CC2)c1=O. The molecule has 0 aromatic carbocycles. The van der Waals surface area contributed by atoms with Crippen LogP contribution in [-0.2, 0) is 11.3 Å².